The number of ketones is 3. The number of anilines is 1. The average Bonchev–Trinajstić information content (AvgIpc) is 3.44. The Balaban J connectivity index is 1.42. The van der Waals surface area contributed by atoms with Gasteiger partial charge in [0.25, 0.3) is 0 Å². The number of fused-ring (bicyclic) bond motifs is 3. The van der Waals surface area contributed by atoms with Crippen LogP contribution in [-0.4, -0.2) is 46.1 Å². The summed E-state index contributed by atoms with van der Waals surface area (Å²) >= 11 is 6.03. The normalized spacial score (nSPS) is 23.1. The summed E-state index contributed by atoms with van der Waals surface area (Å²) in [5.74, 6) is -3.48. The van der Waals surface area contributed by atoms with Crippen molar-refractivity contribution in [2.75, 3.05) is 4.90 Å². The molecule has 7 nitrogen and oxygen atoms in total. The van der Waals surface area contributed by atoms with Gasteiger partial charge in [0.15, 0.2) is 17.3 Å². The number of nitrogens with zero attached hydrogens (tertiary/aromatic N) is 2. The fourth-order valence-corrected chi connectivity index (χ4v) is 5.96. The van der Waals surface area contributed by atoms with E-state index in [4.69, 9.17) is 11.6 Å². The van der Waals surface area contributed by atoms with Crippen molar-refractivity contribution in [3.63, 3.8) is 0 Å². The number of imide groups is 1. The van der Waals surface area contributed by atoms with Crippen LogP contribution >= 0.6 is 11.6 Å². The number of hydrogen-bond acceptors (Lipinski definition) is 6. The van der Waals surface area contributed by atoms with Crippen LogP contribution in [0.15, 0.2) is 103 Å². The molecule has 3 aliphatic heterocycles. The van der Waals surface area contributed by atoms with Gasteiger partial charge in [0.05, 0.1) is 23.6 Å². The van der Waals surface area contributed by atoms with Crippen LogP contribution < -0.4 is 4.90 Å². The molecule has 0 spiro atoms. The van der Waals surface area contributed by atoms with E-state index in [0.717, 1.165) is 4.90 Å². The molecule has 0 aromatic heterocycles. The van der Waals surface area contributed by atoms with E-state index in [0.29, 0.717) is 33.0 Å². The summed E-state index contributed by atoms with van der Waals surface area (Å²) in [6, 6.07) is 19.8. The van der Waals surface area contributed by atoms with Crippen molar-refractivity contribution >= 4 is 46.5 Å². The Hall–Kier alpha value is -4.62. The van der Waals surface area contributed by atoms with E-state index in [1.165, 1.54) is 6.92 Å². The zero-order chi connectivity index (χ0) is 28.1. The van der Waals surface area contributed by atoms with E-state index in [-0.39, 0.29) is 17.3 Å². The molecule has 0 bridgehead atoms. The van der Waals surface area contributed by atoms with E-state index in [1.807, 2.05) is 6.07 Å². The largest absolute Gasteiger partial charge is 0.359 e. The van der Waals surface area contributed by atoms with E-state index < -0.39 is 35.7 Å². The molecule has 4 atom stereocenters. The van der Waals surface area contributed by atoms with Gasteiger partial charge in [-0.2, -0.15) is 0 Å². The highest BCUT2D eigenvalue weighted by Crippen LogP contribution is 2.47. The summed E-state index contributed by atoms with van der Waals surface area (Å²) < 4.78 is 0. The van der Waals surface area contributed by atoms with Gasteiger partial charge < -0.3 is 4.90 Å². The lowest BCUT2D eigenvalue weighted by atomic mass is 9.85. The van der Waals surface area contributed by atoms with Gasteiger partial charge in [-0.15, -0.1) is 0 Å². The SMILES string of the molecule is CC(=O)c1ccc(N2C(=O)C3C(C2=O)C(C(=O)c2ccc(Cl)cc2)N2C=CC(C(=O)c4ccccc4)=CC32)cc1. The number of carbonyl (C=O) groups excluding carboxylic acids is 5. The molecule has 0 N–H and O–H groups in total. The van der Waals surface area contributed by atoms with Crippen LogP contribution in [0, 0.1) is 11.8 Å². The Morgan fingerprint density at radius 1 is 0.750 bits per heavy atom. The van der Waals surface area contributed by atoms with Crippen molar-refractivity contribution in [2.45, 2.75) is 19.0 Å². The summed E-state index contributed by atoms with van der Waals surface area (Å²) in [6.45, 7) is 1.43. The first-order valence-electron chi connectivity index (χ1n) is 12.8. The quantitative estimate of drug-likeness (QED) is 0.319. The fraction of sp³-hybridized carbons (Fsp3) is 0.156. The van der Waals surface area contributed by atoms with Crippen molar-refractivity contribution in [3.8, 4) is 0 Å². The molecule has 40 heavy (non-hydrogen) atoms. The van der Waals surface area contributed by atoms with Crippen molar-refractivity contribution in [1.29, 1.82) is 0 Å². The first-order valence-corrected chi connectivity index (χ1v) is 13.2. The number of rotatable bonds is 6. The van der Waals surface area contributed by atoms with Crippen LogP contribution in [0.3, 0.4) is 0 Å². The number of amides is 2. The Labute approximate surface area is 235 Å². The topological polar surface area (TPSA) is 91.8 Å². The summed E-state index contributed by atoms with van der Waals surface area (Å²) in [5.41, 5.74) is 2.03. The fourth-order valence-electron chi connectivity index (χ4n) is 5.84. The van der Waals surface area contributed by atoms with E-state index in [1.54, 1.807) is 96.0 Å². The van der Waals surface area contributed by atoms with Gasteiger partial charge in [0, 0.05) is 33.5 Å². The van der Waals surface area contributed by atoms with Gasteiger partial charge in [-0.25, -0.2) is 4.90 Å². The molecule has 2 fully saturated rings. The minimum Gasteiger partial charge on any atom is -0.359 e. The maximum atomic E-state index is 13.9. The average molecular weight is 551 g/mol. The van der Waals surface area contributed by atoms with Crippen LogP contribution in [-0.2, 0) is 9.59 Å². The predicted octanol–water partition coefficient (Wildman–Crippen LogP) is 4.92. The molecule has 3 aromatic rings. The predicted molar refractivity (Wildman–Crippen MR) is 149 cm³/mol. The third-order valence-electron chi connectivity index (χ3n) is 7.78. The first-order chi connectivity index (χ1) is 19.3. The van der Waals surface area contributed by atoms with Gasteiger partial charge in [-0.1, -0.05) is 48.0 Å². The van der Waals surface area contributed by atoms with Gasteiger partial charge in [0.1, 0.15) is 6.04 Å². The minimum absolute atomic E-state index is 0.137. The molecule has 6 rings (SSSR count). The zero-order valence-corrected chi connectivity index (χ0v) is 22.1. The van der Waals surface area contributed by atoms with E-state index in [2.05, 4.69) is 0 Å². The number of halogens is 1. The Morgan fingerprint density at radius 2 is 1.38 bits per heavy atom. The Kier molecular flexibility index (Phi) is 6.31. The standard InChI is InChI=1S/C32H23ClN2O5/c1-18(36)19-9-13-24(14-10-19)35-31(39)26-25-17-22(29(37)20-5-3-2-4-6-20)15-16-34(25)28(27(26)32(35)40)30(38)21-7-11-23(33)12-8-21/h2-17,25-28H,1H3. The van der Waals surface area contributed by atoms with E-state index >= 15 is 0 Å². The highest BCUT2D eigenvalue weighted by Gasteiger charge is 2.63. The van der Waals surface area contributed by atoms with Crippen LogP contribution in [0.4, 0.5) is 5.69 Å². The second kappa shape index (κ2) is 9.84. The van der Waals surface area contributed by atoms with E-state index in [9.17, 15) is 24.0 Å². The molecule has 4 unspecified atom stereocenters. The molecular weight excluding hydrogens is 528 g/mol. The molecule has 3 aromatic carbocycles. The smallest absolute Gasteiger partial charge is 0.240 e. The number of carbonyl (C=O) groups is 5. The molecule has 2 amide bonds. The molecule has 0 radical (unpaired) electrons. The summed E-state index contributed by atoms with van der Waals surface area (Å²) in [7, 11) is 0. The number of benzene rings is 3. The maximum absolute atomic E-state index is 13.9. The Bertz CT molecular complexity index is 1630. The van der Waals surface area contributed by atoms with Crippen LogP contribution in [0.5, 0.6) is 0 Å². The highest BCUT2D eigenvalue weighted by atomic mass is 35.5. The number of allylic oxidation sites excluding steroid dienone is 2. The van der Waals surface area contributed by atoms with Crippen LogP contribution in [0.25, 0.3) is 0 Å². The Morgan fingerprint density at radius 3 is 2.02 bits per heavy atom. The lowest BCUT2D eigenvalue weighted by molar-refractivity contribution is -0.123. The summed E-state index contributed by atoms with van der Waals surface area (Å²) in [6.07, 6.45) is 4.96. The molecule has 3 aliphatic rings. The van der Waals surface area contributed by atoms with Gasteiger partial charge >= 0.3 is 0 Å². The molecule has 198 valence electrons. The van der Waals surface area contributed by atoms with Crippen LogP contribution in [0.1, 0.15) is 38.0 Å². The molecule has 8 heteroatoms. The van der Waals surface area contributed by atoms with Gasteiger partial charge in [-0.05, 0) is 61.5 Å². The minimum atomic E-state index is -0.972. The summed E-state index contributed by atoms with van der Waals surface area (Å²) in [4.78, 5) is 69.5. The van der Waals surface area contributed by atoms with Crippen molar-refractivity contribution in [3.05, 3.63) is 125 Å². The number of Topliss-reactive ketones (excluding diaryl/α,β-unsaturated/α-hetero) is 3. The second-order valence-corrected chi connectivity index (χ2v) is 10.5. The zero-order valence-electron chi connectivity index (χ0n) is 21.4. The molecule has 3 heterocycles. The lowest BCUT2D eigenvalue weighted by Gasteiger charge is -2.32. The van der Waals surface area contributed by atoms with Crippen molar-refractivity contribution < 1.29 is 24.0 Å². The second-order valence-electron chi connectivity index (χ2n) is 10.1. The molecule has 2 saturated heterocycles. The van der Waals surface area contributed by atoms with Gasteiger partial charge in [-0.3, -0.25) is 24.0 Å². The van der Waals surface area contributed by atoms with Crippen molar-refractivity contribution in [1.82, 2.24) is 4.90 Å². The highest BCUT2D eigenvalue weighted by molar-refractivity contribution is 6.30. The van der Waals surface area contributed by atoms with Crippen molar-refractivity contribution in [2.24, 2.45) is 11.8 Å². The third kappa shape index (κ3) is 4.10. The van der Waals surface area contributed by atoms with Crippen LogP contribution in [0.2, 0.25) is 5.02 Å². The maximum Gasteiger partial charge on any atom is 0.240 e. The molecule has 0 aliphatic carbocycles. The first kappa shape index (κ1) is 25.6. The summed E-state index contributed by atoms with van der Waals surface area (Å²) in [5, 5.41) is 0.468. The monoisotopic (exact) mass is 550 g/mol. The molecule has 0 saturated carbocycles. The van der Waals surface area contributed by atoms with Gasteiger partial charge in [0.2, 0.25) is 11.8 Å². The molecular formula is C32H23ClN2O5. The lowest BCUT2D eigenvalue weighted by Crippen LogP contribution is -2.46. The third-order valence-corrected chi connectivity index (χ3v) is 8.03. The number of hydrogen-bond donors (Lipinski definition) is 0.